The SMILES string of the molecule is CCNc1cccc(NCCC(F)(F)F)c1[N+](=O)[O-]. The molecule has 0 bridgehead atoms. The molecule has 0 aliphatic heterocycles. The Morgan fingerprint density at radius 1 is 1.26 bits per heavy atom. The summed E-state index contributed by atoms with van der Waals surface area (Å²) in [5.74, 6) is 0. The molecule has 0 amide bonds. The zero-order valence-electron chi connectivity index (χ0n) is 10.3. The molecule has 106 valence electrons. The number of hydrogen-bond acceptors (Lipinski definition) is 4. The Hall–Kier alpha value is -1.99. The quantitative estimate of drug-likeness (QED) is 0.617. The third-order valence-corrected chi connectivity index (χ3v) is 2.31. The van der Waals surface area contributed by atoms with Crippen LogP contribution >= 0.6 is 0 Å². The van der Waals surface area contributed by atoms with Gasteiger partial charge in [-0.25, -0.2) is 0 Å². The van der Waals surface area contributed by atoms with Crippen LogP contribution in [-0.4, -0.2) is 24.2 Å². The topological polar surface area (TPSA) is 67.2 Å². The summed E-state index contributed by atoms with van der Waals surface area (Å²) in [7, 11) is 0. The van der Waals surface area contributed by atoms with Crippen LogP contribution in [-0.2, 0) is 0 Å². The normalized spacial score (nSPS) is 11.2. The first-order valence-corrected chi connectivity index (χ1v) is 5.67. The molecule has 8 heteroatoms. The third kappa shape index (κ3) is 4.65. The van der Waals surface area contributed by atoms with Crippen molar-refractivity contribution in [2.45, 2.75) is 19.5 Å². The van der Waals surface area contributed by atoms with Crippen molar-refractivity contribution >= 4 is 17.1 Å². The highest BCUT2D eigenvalue weighted by molar-refractivity contribution is 5.76. The number of para-hydroxylation sites is 1. The number of alkyl halides is 3. The van der Waals surface area contributed by atoms with Gasteiger partial charge >= 0.3 is 11.9 Å². The Morgan fingerprint density at radius 3 is 2.32 bits per heavy atom. The second-order valence-corrected chi connectivity index (χ2v) is 3.78. The zero-order valence-corrected chi connectivity index (χ0v) is 10.3. The first kappa shape index (κ1) is 15.1. The number of nitrogens with one attached hydrogen (secondary N) is 2. The summed E-state index contributed by atoms with van der Waals surface area (Å²) in [5.41, 5.74) is 0.115. The van der Waals surface area contributed by atoms with Gasteiger partial charge in [-0.1, -0.05) is 6.07 Å². The van der Waals surface area contributed by atoms with Crippen LogP contribution in [0.2, 0.25) is 0 Å². The maximum atomic E-state index is 12.0. The molecular formula is C11H14F3N3O2. The molecule has 0 atom stereocenters. The minimum Gasteiger partial charge on any atom is -0.380 e. The lowest BCUT2D eigenvalue weighted by atomic mass is 10.2. The van der Waals surface area contributed by atoms with Crippen LogP contribution in [0.3, 0.4) is 0 Å². The lowest BCUT2D eigenvalue weighted by Crippen LogP contribution is -2.15. The lowest BCUT2D eigenvalue weighted by Gasteiger charge is -2.11. The van der Waals surface area contributed by atoms with E-state index in [0.29, 0.717) is 6.54 Å². The number of nitro benzene ring substituents is 1. The Bertz CT molecular complexity index is 449. The Balaban J connectivity index is 2.87. The van der Waals surface area contributed by atoms with Crippen LogP contribution in [0.15, 0.2) is 18.2 Å². The van der Waals surface area contributed by atoms with Gasteiger partial charge in [0.1, 0.15) is 11.4 Å². The lowest BCUT2D eigenvalue weighted by molar-refractivity contribution is -0.383. The van der Waals surface area contributed by atoms with E-state index in [1.807, 2.05) is 0 Å². The molecule has 1 aromatic rings. The minimum absolute atomic E-state index is 0.0766. The van der Waals surface area contributed by atoms with Gasteiger partial charge in [-0.2, -0.15) is 13.2 Å². The van der Waals surface area contributed by atoms with E-state index in [1.54, 1.807) is 13.0 Å². The molecule has 19 heavy (non-hydrogen) atoms. The fraction of sp³-hybridized carbons (Fsp3) is 0.455. The van der Waals surface area contributed by atoms with Crippen molar-refractivity contribution in [3.63, 3.8) is 0 Å². The molecule has 2 N–H and O–H groups in total. The molecule has 0 spiro atoms. The molecule has 0 aliphatic rings. The third-order valence-electron chi connectivity index (χ3n) is 2.31. The van der Waals surface area contributed by atoms with Gasteiger partial charge in [0, 0.05) is 13.1 Å². The molecule has 0 saturated heterocycles. The Morgan fingerprint density at radius 2 is 1.84 bits per heavy atom. The first-order valence-electron chi connectivity index (χ1n) is 5.67. The van der Waals surface area contributed by atoms with Gasteiger partial charge in [0.15, 0.2) is 0 Å². The monoisotopic (exact) mass is 277 g/mol. The Labute approximate surface area is 108 Å². The van der Waals surface area contributed by atoms with Crippen LogP contribution in [0.4, 0.5) is 30.2 Å². The molecule has 0 radical (unpaired) electrons. The van der Waals surface area contributed by atoms with Crippen LogP contribution in [0.5, 0.6) is 0 Å². The largest absolute Gasteiger partial charge is 0.390 e. The summed E-state index contributed by atoms with van der Waals surface area (Å²) in [5, 5.41) is 16.2. The minimum atomic E-state index is -4.29. The fourth-order valence-electron chi connectivity index (χ4n) is 1.55. The van der Waals surface area contributed by atoms with E-state index in [1.165, 1.54) is 12.1 Å². The Kier molecular flexibility index (Phi) is 4.96. The number of benzene rings is 1. The average molecular weight is 277 g/mol. The zero-order chi connectivity index (χ0) is 14.5. The first-order chi connectivity index (χ1) is 8.85. The number of hydrogen-bond donors (Lipinski definition) is 2. The van der Waals surface area contributed by atoms with Crippen LogP contribution in [0, 0.1) is 10.1 Å². The summed E-state index contributed by atoms with van der Waals surface area (Å²) in [6, 6.07) is 4.44. The molecule has 1 rings (SSSR count). The molecule has 0 aliphatic carbocycles. The average Bonchev–Trinajstić information content (AvgIpc) is 2.27. The highest BCUT2D eigenvalue weighted by Gasteiger charge is 2.27. The number of anilines is 2. The van der Waals surface area contributed by atoms with E-state index >= 15 is 0 Å². The van der Waals surface area contributed by atoms with Crippen molar-refractivity contribution in [3.05, 3.63) is 28.3 Å². The van der Waals surface area contributed by atoms with Gasteiger partial charge in [-0.3, -0.25) is 10.1 Å². The van der Waals surface area contributed by atoms with E-state index in [-0.39, 0.29) is 17.1 Å². The van der Waals surface area contributed by atoms with Gasteiger partial charge in [-0.15, -0.1) is 0 Å². The fourth-order valence-corrected chi connectivity index (χ4v) is 1.55. The second kappa shape index (κ2) is 6.26. The maximum Gasteiger partial charge on any atom is 0.390 e. The van der Waals surface area contributed by atoms with Gasteiger partial charge in [0.05, 0.1) is 11.3 Å². The van der Waals surface area contributed by atoms with Crippen LogP contribution in [0.1, 0.15) is 13.3 Å². The number of nitro groups is 1. The number of halogens is 3. The molecule has 0 saturated carbocycles. The highest BCUT2D eigenvalue weighted by atomic mass is 19.4. The smallest absolute Gasteiger partial charge is 0.380 e. The van der Waals surface area contributed by atoms with E-state index in [9.17, 15) is 23.3 Å². The molecule has 0 aromatic heterocycles. The summed E-state index contributed by atoms with van der Waals surface area (Å²) in [6.07, 6.45) is -5.34. The van der Waals surface area contributed by atoms with Crippen molar-refractivity contribution < 1.29 is 18.1 Å². The van der Waals surface area contributed by atoms with Gasteiger partial charge in [0.25, 0.3) is 0 Å². The molecule has 0 heterocycles. The summed E-state index contributed by atoms with van der Waals surface area (Å²) < 4.78 is 36.1. The molecule has 0 fully saturated rings. The van der Waals surface area contributed by atoms with E-state index in [2.05, 4.69) is 10.6 Å². The van der Waals surface area contributed by atoms with E-state index in [4.69, 9.17) is 0 Å². The van der Waals surface area contributed by atoms with E-state index < -0.39 is 24.1 Å². The van der Waals surface area contributed by atoms with Crippen molar-refractivity contribution in [2.24, 2.45) is 0 Å². The summed E-state index contributed by atoms with van der Waals surface area (Å²) in [6.45, 7) is 1.85. The second-order valence-electron chi connectivity index (χ2n) is 3.78. The van der Waals surface area contributed by atoms with E-state index in [0.717, 1.165) is 0 Å². The summed E-state index contributed by atoms with van der Waals surface area (Å²) in [4.78, 5) is 10.4. The van der Waals surface area contributed by atoms with Crippen molar-refractivity contribution in [1.29, 1.82) is 0 Å². The summed E-state index contributed by atoms with van der Waals surface area (Å²) >= 11 is 0. The number of rotatable bonds is 6. The predicted octanol–water partition coefficient (Wildman–Crippen LogP) is 3.39. The van der Waals surface area contributed by atoms with Gasteiger partial charge < -0.3 is 10.6 Å². The predicted molar refractivity (Wildman–Crippen MR) is 66.4 cm³/mol. The molecule has 5 nitrogen and oxygen atoms in total. The van der Waals surface area contributed by atoms with Gasteiger partial charge in [0.2, 0.25) is 0 Å². The van der Waals surface area contributed by atoms with Gasteiger partial charge in [-0.05, 0) is 19.1 Å². The van der Waals surface area contributed by atoms with Crippen molar-refractivity contribution in [3.8, 4) is 0 Å². The highest BCUT2D eigenvalue weighted by Crippen LogP contribution is 2.33. The van der Waals surface area contributed by atoms with Crippen LogP contribution in [0.25, 0.3) is 0 Å². The molecule has 1 aromatic carbocycles. The molecular weight excluding hydrogens is 263 g/mol. The van der Waals surface area contributed by atoms with Crippen LogP contribution < -0.4 is 10.6 Å². The number of nitrogens with zero attached hydrogens (tertiary/aromatic N) is 1. The molecule has 0 unspecified atom stereocenters. The maximum absolute atomic E-state index is 12.0. The van der Waals surface area contributed by atoms with Crippen molar-refractivity contribution in [2.75, 3.05) is 23.7 Å². The standard InChI is InChI=1S/C11H14F3N3O2/c1-2-15-8-4-3-5-9(10(8)17(18)19)16-7-6-11(12,13)14/h3-5,15-16H,2,6-7H2,1H3. The van der Waals surface area contributed by atoms with Crippen molar-refractivity contribution in [1.82, 2.24) is 0 Å².